The van der Waals surface area contributed by atoms with Gasteiger partial charge < -0.3 is 4.90 Å². The van der Waals surface area contributed by atoms with Gasteiger partial charge in [-0.05, 0) is 41.3 Å². The van der Waals surface area contributed by atoms with Crippen molar-refractivity contribution < 1.29 is 18.0 Å². The number of carbonyl (C=O) groups is 1. The molecule has 2 amide bonds. The van der Waals surface area contributed by atoms with E-state index >= 15 is 0 Å². The van der Waals surface area contributed by atoms with Crippen LogP contribution in [0.5, 0.6) is 0 Å². The first-order chi connectivity index (χ1) is 14.4. The van der Waals surface area contributed by atoms with Gasteiger partial charge in [0.05, 0.1) is 12.2 Å². The molecule has 0 radical (unpaired) electrons. The SMILES string of the molecule is CN1C(=O)N(Cc2ccc(F)c(F)c2)Cc2nc(C#CCc3ccc(F)cc3)sc21. The molecule has 0 N–H and O–H groups in total. The molecule has 1 aliphatic heterocycles. The van der Waals surface area contributed by atoms with Crippen molar-refractivity contribution >= 4 is 22.4 Å². The Morgan fingerprint density at radius 1 is 1.07 bits per heavy atom. The minimum absolute atomic E-state index is 0.142. The van der Waals surface area contributed by atoms with Crippen LogP contribution < -0.4 is 4.90 Å². The molecule has 8 heteroatoms. The van der Waals surface area contributed by atoms with Crippen LogP contribution in [0, 0.1) is 29.3 Å². The molecule has 0 bridgehead atoms. The highest BCUT2D eigenvalue weighted by atomic mass is 32.1. The Bertz CT molecular complexity index is 1160. The lowest BCUT2D eigenvalue weighted by molar-refractivity contribution is 0.196. The summed E-state index contributed by atoms with van der Waals surface area (Å²) in [6, 6.07) is 9.48. The number of hydrogen-bond acceptors (Lipinski definition) is 3. The van der Waals surface area contributed by atoms with Crippen molar-refractivity contribution in [2.24, 2.45) is 0 Å². The summed E-state index contributed by atoms with van der Waals surface area (Å²) in [5, 5.41) is 1.30. The van der Waals surface area contributed by atoms with Crippen LogP contribution in [0.15, 0.2) is 42.5 Å². The van der Waals surface area contributed by atoms with Gasteiger partial charge >= 0.3 is 6.03 Å². The van der Waals surface area contributed by atoms with E-state index in [1.807, 2.05) is 0 Å². The zero-order chi connectivity index (χ0) is 21.3. The van der Waals surface area contributed by atoms with Crippen LogP contribution in [-0.2, 0) is 19.5 Å². The zero-order valence-electron chi connectivity index (χ0n) is 16.0. The topological polar surface area (TPSA) is 36.4 Å². The lowest BCUT2D eigenvalue weighted by Crippen LogP contribution is -2.44. The quantitative estimate of drug-likeness (QED) is 0.567. The maximum Gasteiger partial charge on any atom is 0.325 e. The summed E-state index contributed by atoms with van der Waals surface area (Å²) in [4.78, 5) is 20.2. The summed E-state index contributed by atoms with van der Waals surface area (Å²) in [5.41, 5.74) is 2.10. The second-order valence-electron chi connectivity index (χ2n) is 6.82. The number of urea groups is 1. The molecule has 2 aromatic carbocycles. The van der Waals surface area contributed by atoms with Gasteiger partial charge in [0, 0.05) is 20.0 Å². The van der Waals surface area contributed by atoms with Crippen molar-refractivity contribution in [2.45, 2.75) is 19.5 Å². The van der Waals surface area contributed by atoms with Gasteiger partial charge in [-0.3, -0.25) is 4.90 Å². The predicted molar refractivity (Wildman–Crippen MR) is 109 cm³/mol. The summed E-state index contributed by atoms with van der Waals surface area (Å²) in [6.45, 7) is 0.399. The molecule has 0 unspecified atom stereocenters. The average Bonchev–Trinajstić information content (AvgIpc) is 3.13. The van der Waals surface area contributed by atoms with Crippen molar-refractivity contribution in [1.82, 2.24) is 9.88 Å². The lowest BCUT2D eigenvalue weighted by Gasteiger charge is -2.32. The van der Waals surface area contributed by atoms with Gasteiger partial charge in [-0.1, -0.05) is 35.5 Å². The van der Waals surface area contributed by atoms with Gasteiger partial charge in [0.1, 0.15) is 10.8 Å². The van der Waals surface area contributed by atoms with Gasteiger partial charge in [-0.2, -0.15) is 0 Å². The minimum Gasteiger partial charge on any atom is -0.314 e. The van der Waals surface area contributed by atoms with Crippen molar-refractivity contribution in [3.8, 4) is 11.8 Å². The number of hydrogen-bond donors (Lipinski definition) is 0. The standard InChI is InChI=1S/C22H16F3N3OS/c1-27-21-19(13-28(22(27)29)12-15-7-10-17(24)18(25)11-15)26-20(30-21)4-2-3-14-5-8-16(23)9-6-14/h5-11H,3,12-13H2,1H3. The van der Waals surface area contributed by atoms with E-state index in [4.69, 9.17) is 0 Å². The molecular weight excluding hydrogens is 411 g/mol. The van der Waals surface area contributed by atoms with E-state index in [-0.39, 0.29) is 24.9 Å². The van der Waals surface area contributed by atoms with E-state index in [1.165, 1.54) is 39.3 Å². The van der Waals surface area contributed by atoms with Gasteiger partial charge in [0.2, 0.25) is 0 Å². The first kappa shape index (κ1) is 20.0. The van der Waals surface area contributed by atoms with Crippen molar-refractivity contribution in [3.63, 3.8) is 0 Å². The Morgan fingerprint density at radius 2 is 1.80 bits per heavy atom. The number of thiazole rings is 1. The van der Waals surface area contributed by atoms with Crippen LogP contribution in [0.1, 0.15) is 21.8 Å². The number of anilines is 1. The Kier molecular flexibility index (Phi) is 5.46. The molecular formula is C22H16F3N3OS. The molecule has 0 atom stereocenters. The Hall–Kier alpha value is -3.31. The maximum absolute atomic E-state index is 13.5. The Balaban J connectivity index is 1.49. The summed E-state index contributed by atoms with van der Waals surface area (Å²) in [6.07, 6.45) is 0.460. The molecule has 2 heterocycles. The molecule has 0 spiro atoms. The van der Waals surface area contributed by atoms with Gasteiger partial charge in [-0.25, -0.2) is 22.9 Å². The fourth-order valence-corrected chi connectivity index (χ4v) is 4.02. The number of rotatable bonds is 3. The molecule has 1 aliphatic rings. The van der Waals surface area contributed by atoms with Crippen LogP contribution in [0.25, 0.3) is 0 Å². The first-order valence-corrected chi connectivity index (χ1v) is 9.92. The Labute approximate surface area is 175 Å². The van der Waals surface area contributed by atoms with E-state index in [2.05, 4.69) is 16.8 Å². The number of aromatic nitrogens is 1. The van der Waals surface area contributed by atoms with E-state index in [0.717, 1.165) is 17.7 Å². The van der Waals surface area contributed by atoms with E-state index in [1.54, 1.807) is 19.2 Å². The third kappa shape index (κ3) is 4.16. The second kappa shape index (κ2) is 8.20. The van der Waals surface area contributed by atoms with Crippen LogP contribution >= 0.6 is 11.3 Å². The number of halogens is 3. The Morgan fingerprint density at radius 3 is 2.53 bits per heavy atom. The summed E-state index contributed by atoms with van der Waals surface area (Å²) in [5.74, 6) is 3.85. The normalized spacial score (nSPS) is 13.1. The van der Waals surface area contributed by atoms with Crippen molar-refractivity contribution in [3.05, 3.63) is 81.7 Å². The molecule has 3 aromatic rings. The largest absolute Gasteiger partial charge is 0.325 e. The predicted octanol–water partition coefficient (Wildman–Crippen LogP) is 4.73. The average molecular weight is 427 g/mol. The number of benzene rings is 2. The molecule has 0 fully saturated rings. The monoisotopic (exact) mass is 427 g/mol. The highest BCUT2D eigenvalue weighted by molar-refractivity contribution is 7.16. The summed E-state index contributed by atoms with van der Waals surface area (Å²) < 4.78 is 39.6. The second-order valence-corrected chi connectivity index (χ2v) is 7.80. The van der Waals surface area contributed by atoms with Crippen LogP contribution in [0.2, 0.25) is 0 Å². The fraction of sp³-hybridized carbons (Fsp3) is 0.182. The van der Waals surface area contributed by atoms with Crippen LogP contribution in [0.3, 0.4) is 0 Å². The van der Waals surface area contributed by atoms with Gasteiger partial charge in [-0.15, -0.1) is 0 Å². The molecule has 1 aromatic heterocycles. The first-order valence-electron chi connectivity index (χ1n) is 9.10. The van der Waals surface area contributed by atoms with E-state index < -0.39 is 11.6 Å². The third-order valence-corrected chi connectivity index (χ3v) is 5.73. The molecule has 30 heavy (non-hydrogen) atoms. The smallest absolute Gasteiger partial charge is 0.314 e. The highest BCUT2D eigenvalue weighted by Gasteiger charge is 2.31. The van der Waals surface area contributed by atoms with E-state index in [0.29, 0.717) is 27.7 Å². The molecule has 152 valence electrons. The summed E-state index contributed by atoms with van der Waals surface area (Å²) >= 11 is 1.32. The zero-order valence-corrected chi connectivity index (χ0v) is 16.8. The van der Waals surface area contributed by atoms with E-state index in [9.17, 15) is 18.0 Å². The minimum atomic E-state index is -0.946. The van der Waals surface area contributed by atoms with Gasteiger partial charge in [0.25, 0.3) is 0 Å². The molecule has 4 nitrogen and oxygen atoms in total. The van der Waals surface area contributed by atoms with Crippen LogP contribution in [0.4, 0.5) is 23.0 Å². The lowest BCUT2D eigenvalue weighted by atomic mass is 10.1. The van der Waals surface area contributed by atoms with Crippen molar-refractivity contribution in [2.75, 3.05) is 11.9 Å². The van der Waals surface area contributed by atoms with Crippen LogP contribution in [-0.4, -0.2) is 23.0 Å². The highest BCUT2D eigenvalue weighted by Crippen LogP contribution is 2.33. The number of carbonyl (C=O) groups excluding carboxylic acids is 1. The molecule has 0 saturated carbocycles. The molecule has 0 saturated heterocycles. The molecule has 4 rings (SSSR count). The van der Waals surface area contributed by atoms with Crippen molar-refractivity contribution in [1.29, 1.82) is 0 Å². The van der Waals surface area contributed by atoms with Gasteiger partial charge in [0.15, 0.2) is 16.6 Å². The number of fused-ring (bicyclic) bond motifs is 1. The summed E-state index contributed by atoms with van der Waals surface area (Å²) in [7, 11) is 1.65. The number of amides is 2. The molecule has 0 aliphatic carbocycles. The number of nitrogens with zero attached hydrogens (tertiary/aromatic N) is 3. The fourth-order valence-electron chi connectivity index (χ4n) is 3.12. The maximum atomic E-state index is 13.5. The third-order valence-electron chi connectivity index (χ3n) is 4.64.